The molecule has 3 rings (SSSR count). The summed E-state index contributed by atoms with van der Waals surface area (Å²) in [6.45, 7) is 3.99. The van der Waals surface area contributed by atoms with Gasteiger partial charge in [-0.15, -0.1) is 0 Å². The minimum Gasteiger partial charge on any atom is -0.508 e. The highest BCUT2D eigenvalue weighted by atomic mass is 16.5. The van der Waals surface area contributed by atoms with Crippen LogP contribution in [0.5, 0.6) is 11.5 Å². The van der Waals surface area contributed by atoms with E-state index in [1.54, 1.807) is 6.07 Å². The molecular weight excluding hydrogens is 304 g/mol. The average Bonchev–Trinajstić information content (AvgIpc) is 2.55. The van der Waals surface area contributed by atoms with Crippen LogP contribution in [0, 0.1) is 25.2 Å². The van der Waals surface area contributed by atoms with Crippen molar-refractivity contribution in [3.8, 4) is 17.6 Å². The van der Waals surface area contributed by atoms with Crippen LogP contribution in [-0.2, 0) is 11.2 Å². The minimum atomic E-state index is -0.683. The summed E-state index contributed by atoms with van der Waals surface area (Å²) >= 11 is 0. The zero-order valence-corrected chi connectivity index (χ0v) is 13.6. The second-order valence-electron chi connectivity index (χ2n) is 5.96. The van der Waals surface area contributed by atoms with Crippen molar-refractivity contribution in [2.24, 2.45) is 0 Å². The van der Waals surface area contributed by atoms with Crippen LogP contribution >= 0.6 is 0 Å². The maximum atomic E-state index is 12.7. The van der Waals surface area contributed by atoms with Crippen LogP contribution in [0.2, 0.25) is 0 Å². The highest BCUT2D eigenvalue weighted by Crippen LogP contribution is 2.37. The lowest BCUT2D eigenvalue weighted by molar-refractivity contribution is -0.126. The Morgan fingerprint density at radius 2 is 2.00 bits per heavy atom. The molecule has 0 saturated carbocycles. The normalized spacial score (nSPS) is 16.3. The highest BCUT2D eigenvalue weighted by molar-refractivity contribution is 6.00. The fourth-order valence-corrected chi connectivity index (χ4v) is 2.82. The van der Waals surface area contributed by atoms with Crippen LogP contribution in [0.4, 0.5) is 5.69 Å². The zero-order valence-electron chi connectivity index (χ0n) is 13.6. The number of rotatable bonds is 3. The van der Waals surface area contributed by atoms with E-state index >= 15 is 0 Å². The second-order valence-corrected chi connectivity index (χ2v) is 5.96. The SMILES string of the molecule is Cc1ccc(CC2Oc3ccc(O)cc3N(CC#N)C2=O)cc1C. The van der Waals surface area contributed by atoms with Gasteiger partial charge in [0.1, 0.15) is 18.0 Å². The predicted octanol–water partition coefficient (Wildman–Crippen LogP) is 2.87. The summed E-state index contributed by atoms with van der Waals surface area (Å²) in [6, 6.07) is 12.6. The first-order valence-corrected chi connectivity index (χ1v) is 7.73. The molecule has 1 aliphatic rings. The number of carbonyl (C=O) groups is 1. The van der Waals surface area contributed by atoms with Gasteiger partial charge in [-0.05, 0) is 42.7 Å². The second kappa shape index (κ2) is 6.25. The fourth-order valence-electron chi connectivity index (χ4n) is 2.82. The van der Waals surface area contributed by atoms with E-state index in [4.69, 9.17) is 10.00 Å². The van der Waals surface area contributed by atoms with Crippen molar-refractivity contribution in [3.05, 3.63) is 53.1 Å². The predicted molar refractivity (Wildman–Crippen MR) is 90.1 cm³/mol. The van der Waals surface area contributed by atoms with Gasteiger partial charge in [-0.3, -0.25) is 9.69 Å². The Morgan fingerprint density at radius 3 is 2.71 bits per heavy atom. The van der Waals surface area contributed by atoms with Crippen LogP contribution in [0.15, 0.2) is 36.4 Å². The van der Waals surface area contributed by atoms with Gasteiger partial charge < -0.3 is 9.84 Å². The number of benzene rings is 2. The van der Waals surface area contributed by atoms with E-state index in [0.29, 0.717) is 17.9 Å². The van der Waals surface area contributed by atoms with Crippen LogP contribution in [0.1, 0.15) is 16.7 Å². The molecule has 0 aromatic heterocycles. The summed E-state index contributed by atoms with van der Waals surface area (Å²) < 4.78 is 5.84. The molecule has 0 radical (unpaired) electrons. The lowest BCUT2D eigenvalue weighted by atomic mass is 10.0. The number of carbonyl (C=O) groups excluding carboxylic acids is 1. The van der Waals surface area contributed by atoms with Gasteiger partial charge in [0, 0.05) is 12.5 Å². The molecule has 1 heterocycles. The first-order chi connectivity index (χ1) is 11.5. The van der Waals surface area contributed by atoms with Crippen molar-refractivity contribution >= 4 is 11.6 Å². The quantitative estimate of drug-likeness (QED) is 0.882. The van der Waals surface area contributed by atoms with Gasteiger partial charge >= 0.3 is 0 Å². The number of ether oxygens (including phenoxy) is 1. The van der Waals surface area contributed by atoms with Crippen molar-refractivity contribution in [1.82, 2.24) is 0 Å². The molecule has 2 aromatic carbocycles. The van der Waals surface area contributed by atoms with E-state index in [-0.39, 0.29) is 18.2 Å². The number of nitrogens with zero attached hydrogens (tertiary/aromatic N) is 2. The maximum Gasteiger partial charge on any atom is 0.269 e. The van der Waals surface area contributed by atoms with Gasteiger partial charge in [0.25, 0.3) is 5.91 Å². The molecule has 5 heteroatoms. The number of phenolic OH excluding ortho intramolecular Hbond substituents is 1. The van der Waals surface area contributed by atoms with Crippen LogP contribution in [-0.4, -0.2) is 23.7 Å². The van der Waals surface area contributed by atoms with E-state index in [0.717, 1.165) is 11.1 Å². The van der Waals surface area contributed by atoms with Gasteiger partial charge in [-0.25, -0.2) is 0 Å². The van der Waals surface area contributed by atoms with Crippen molar-refractivity contribution < 1.29 is 14.6 Å². The molecule has 5 nitrogen and oxygen atoms in total. The third kappa shape index (κ3) is 2.91. The molecule has 2 aromatic rings. The van der Waals surface area contributed by atoms with E-state index < -0.39 is 6.10 Å². The third-order valence-corrected chi connectivity index (χ3v) is 4.27. The summed E-state index contributed by atoms with van der Waals surface area (Å²) in [5, 5.41) is 18.7. The zero-order chi connectivity index (χ0) is 17.3. The van der Waals surface area contributed by atoms with Crippen molar-refractivity contribution in [1.29, 1.82) is 5.26 Å². The molecule has 1 aliphatic heterocycles. The van der Waals surface area contributed by atoms with Crippen LogP contribution < -0.4 is 9.64 Å². The number of amides is 1. The Hall–Kier alpha value is -3.00. The number of nitriles is 1. The first kappa shape index (κ1) is 15.9. The van der Waals surface area contributed by atoms with Gasteiger partial charge in [0.15, 0.2) is 6.10 Å². The maximum absolute atomic E-state index is 12.7. The standard InChI is InChI=1S/C19H18N2O3/c1-12-3-4-14(9-13(12)2)10-18-19(23)21(8-7-20)16-11-15(22)5-6-17(16)24-18/h3-6,9,11,18,22H,8,10H2,1-2H3. The number of hydrogen-bond donors (Lipinski definition) is 1. The number of aryl methyl sites for hydroxylation is 2. The van der Waals surface area contributed by atoms with Crippen LogP contribution in [0.25, 0.3) is 0 Å². The van der Waals surface area contributed by atoms with Gasteiger partial charge in [0.05, 0.1) is 11.8 Å². The summed E-state index contributed by atoms with van der Waals surface area (Å²) in [7, 11) is 0. The number of anilines is 1. The summed E-state index contributed by atoms with van der Waals surface area (Å²) in [6.07, 6.45) is -0.250. The van der Waals surface area contributed by atoms with E-state index in [9.17, 15) is 9.90 Å². The molecule has 24 heavy (non-hydrogen) atoms. The van der Waals surface area contributed by atoms with Gasteiger partial charge in [0.2, 0.25) is 0 Å². The molecule has 0 saturated heterocycles. The lowest BCUT2D eigenvalue weighted by Crippen LogP contribution is -2.47. The molecule has 0 spiro atoms. The number of aromatic hydroxyl groups is 1. The van der Waals surface area contributed by atoms with Gasteiger partial charge in [-0.1, -0.05) is 18.2 Å². The molecule has 0 aliphatic carbocycles. The lowest BCUT2D eigenvalue weighted by Gasteiger charge is -2.33. The Morgan fingerprint density at radius 1 is 1.21 bits per heavy atom. The Kier molecular flexibility index (Phi) is 4.13. The molecule has 0 fully saturated rings. The molecule has 0 bridgehead atoms. The van der Waals surface area contributed by atoms with Crippen molar-refractivity contribution in [2.45, 2.75) is 26.4 Å². The van der Waals surface area contributed by atoms with E-state index in [1.165, 1.54) is 22.6 Å². The Balaban J connectivity index is 1.92. The first-order valence-electron chi connectivity index (χ1n) is 7.73. The molecular formula is C19H18N2O3. The summed E-state index contributed by atoms with van der Waals surface area (Å²) in [5.41, 5.74) is 3.80. The monoisotopic (exact) mass is 322 g/mol. The van der Waals surface area contributed by atoms with Crippen LogP contribution in [0.3, 0.4) is 0 Å². The minimum absolute atomic E-state index is 0.0284. The summed E-state index contributed by atoms with van der Waals surface area (Å²) in [4.78, 5) is 14.1. The molecule has 122 valence electrons. The average molecular weight is 322 g/mol. The number of phenols is 1. The molecule has 1 unspecified atom stereocenters. The van der Waals surface area contributed by atoms with Crippen molar-refractivity contribution in [2.75, 3.05) is 11.4 Å². The Labute approximate surface area is 140 Å². The molecule has 1 N–H and O–H groups in total. The fraction of sp³-hybridized carbons (Fsp3) is 0.263. The van der Waals surface area contributed by atoms with E-state index in [2.05, 4.69) is 0 Å². The topological polar surface area (TPSA) is 73.6 Å². The molecule has 1 amide bonds. The third-order valence-electron chi connectivity index (χ3n) is 4.27. The van der Waals surface area contributed by atoms with Crippen molar-refractivity contribution in [3.63, 3.8) is 0 Å². The van der Waals surface area contributed by atoms with E-state index in [1.807, 2.05) is 38.1 Å². The smallest absolute Gasteiger partial charge is 0.269 e. The largest absolute Gasteiger partial charge is 0.508 e. The highest BCUT2D eigenvalue weighted by Gasteiger charge is 2.34. The number of hydrogen-bond acceptors (Lipinski definition) is 4. The Bertz CT molecular complexity index is 839. The molecule has 1 atom stereocenters. The van der Waals surface area contributed by atoms with Gasteiger partial charge in [-0.2, -0.15) is 5.26 Å². The summed E-state index contributed by atoms with van der Waals surface area (Å²) in [5.74, 6) is 0.255. The number of fused-ring (bicyclic) bond motifs is 1.